The van der Waals surface area contributed by atoms with Gasteiger partial charge in [0.05, 0.1) is 4.90 Å². The van der Waals surface area contributed by atoms with Crippen LogP contribution in [0.4, 0.5) is 0 Å². The summed E-state index contributed by atoms with van der Waals surface area (Å²) < 4.78 is 5.97. The molecule has 90 valence electrons. The molecule has 1 aromatic carbocycles. The summed E-state index contributed by atoms with van der Waals surface area (Å²) in [4.78, 5) is 2.48. The van der Waals surface area contributed by atoms with Crippen LogP contribution in [0.25, 0.3) is 0 Å². The van der Waals surface area contributed by atoms with Crippen molar-refractivity contribution in [1.82, 2.24) is 0 Å². The van der Waals surface area contributed by atoms with Crippen molar-refractivity contribution >= 4 is 11.8 Å². The first-order valence-corrected chi connectivity index (χ1v) is 6.69. The first-order chi connectivity index (χ1) is 8.04. The first kappa shape index (κ1) is 12.3. The number of hydrogen-bond donors (Lipinski definition) is 0. The minimum Gasteiger partial charge on any atom is -0.487 e. The van der Waals surface area contributed by atoms with Crippen molar-refractivity contribution in [3.63, 3.8) is 0 Å². The van der Waals surface area contributed by atoms with Gasteiger partial charge in [0, 0.05) is 4.91 Å². The molecule has 0 fully saturated rings. The number of thioether (sulfide) groups is 1. The summed E-state index contributed by atoms with van der Waals surface area (Å²) in [5, 5.41) is 0. The van der Waals surface area contributed by atoms with Gasteiger partial charge in [-0.1, -0.05) is 42.1 Å². The van der Waals surface area contributed by atoms with Crippen LogP contribution in [0.1, 0.15) is 27.2 Å². The van der Waals surface area contributed by atoms with Crippen LogP contribution in [0.5, 0.6) is 5.75 Å². The molecule has 0 heterocycles. The maximum atomic E-state index is 5.97. The highest BCUT2D eigenvalue weighted by molar-refractivity contribution is 8.03. The minimum absolute atomic E-state index is 0.156. The lowest BCUT2D eigenvalue weighted by atomic mass is 10.2. The van der Waals surface area contributed by atoms with Crippen molar-refractivity contribution in [3.05, 3.63) is 47.4 Å². The summed E-state index contributed by atoms with van der Waals surface area (Å²) in [5.41, 5.74) is -0.156. The Bertz CT molecular complexity index is 452. The second kappa shape index (κ2) is 5.01. The second-order valence-corrected chi connectivity index (χ2v) is 6.12. The Kier molecular flexibility index (Phi) is 3.63. The molecule has 0 spiro atoms. The molecule has 0 unspecified atom stereocenters. The lowest BCUT2D eigenvalue weighted by Gasteiger charge is -2.23. The number of hydrogen-bond acceptors (Lipinski definition) is 2. The molecule has 0 radical (unpaired) electrons. The lowest BCUT2D eigenvalue weighted by Crippen LogP contribution is -2.23. The van der Waals surface area contributed by atoms with Gasteiger partial charge in [0.15, 0.2) is 0 Å². The Morgan fingerprint density at radius 1 is 1.18 bits per heavy atom. The largest absolute Gasteiger partial charge is 0.487 e. The van der Waals surface area contributed by atoms with Crippen molar-refractivity contribution in [2.24, 2.45) is 0 Å². The van der Waals surface area contributed by atoms with E-state index in [4.69, 9.17) is 4.74 Å². The third-order valence-corrected chi connectivity index (χ3v) is 3.33. The van der Waals surface area contributed by atoms with Gasteiger partial charge in [0.25, 0.3) is 0 Å². The molecule has 17 heavy (non-hydrogen) atoms. The van der Waals surface area contributed by atoms with Crippen LogP contribution < -0.4 is 4.74 Å². The van der Waals surface area contributed by atoms with Crippen LogP contribution >= 0.6 is 11.8 Å². The van der Waals surface area contributed by atoms with Crippen LogP contribution in [0, 0.1) is 0 Å². The van der Waals surface area contributed by atoms with E-state index in [1.165, 1.54) is 9.80 Å². The van der Waals surface area contributed by atoms with Gasteiger partial charge in [0.2, 0.25) is 0 Å². The molecule has 1 aliphatic carbocycles. The standard InChI is InChI=1S/C15H18OS/c1-15(2,3)16-13-10-6-7-11-14(13)17-12-8-4-5-9-12/h4,6-11H,5H2,1-3H3. The summed E-state index contributed by atoms with van der Waals surface area (Å²) in [6, 6.07) is 8.21. The third kappa shape index (κ3) is 3.67. The Hall–Kier alpha value is -1.15. The number of rotatable bonds is 3. The highest BCUT2D eigenvalue weighted by Crippen LogP contribution is 2.37. The number of ether oxygens (including phenoxy) is 1. The van der Waals surface area contributed by atoms with E-state index in [0.29, 0.717) is 0 Å². The molecular formula is C15H18OS. The fourth-order valence-corrected chi connectivity index (χ4v) is 2.54. The van der Waals surface area contributed by atoms with Crippen molar-refractivity contribution in [2.45, 2.75) is 37.7 Å². The monoisotopic (exact) mass is 246 g/mol. The summed E-state index contributed by atoms with van der Waals surface area (Å²) in [6.07, 6.45) is 7.62. The SMILES string of the molecule is CC(C)(C)Oc1ccccc1SC1=CCC=C1. The molecule has 1 aromatic rings. The quantitative estimate of drug-likeness (QED) is 0.757. The zero-order valence-corrected chi connectivity index (χ0v) is 11.4. The summed E-state index contributed by atoms with van der Waals surface area (Å²) in [6.45, 7) is 6.22. The van der Waals surface area contributed by atoms with E-state index in [2.05, 4.69) is 51.1 Å². The van der Waals surface area contributed by atoms with Crippen molar-refractivity contribution < 1.29 is 4.74 Å². The topological polar surface area (TPSA) is 9.23 Å². The molecule has 0 N–H and O–H groups in total. The first-order valence-electron chi connectivity index (χ1n) is 5.87. The zero-order chi connectivity index (χ0) is 12.3. The van der Waals surface area contributed by atoms with E-state index in [9.17, 15) is 0 Å². The fourth-order valence-electron chi connectivity index (χ4n) is 1.59. The molecular weight excluding hydrogens is 228 g/mol. The van der Waals surface area contributed by atoms with E-state index in [0.717, 1.165) is 12.2 Å². The number of allylic oxidation sites excluding steroid dienone is 3. The molecule has 0 bridgehead atoms. The fraction of sp³-hybridized carbons (Fsp3) is 0.333. The van der Waals surface area contributed by atoms with E-state index in [1.807, 2.05) is 12.1 Å². The maximum absolute atomic E-state index is 5.97. The predicted molar refractivity (Wildman–Crippen MR) is 74.5 cm³/mol. The van der Waals surface area contributed by atoms with Gasteiger partial charge >= 0.3 is 0 Å². The van der Waals surface area contributed by atoms with Crippen LogP contribution in [-0.4, -0.2) is 5.60 Å². The van der Waals surface area contributed by atoms with Gasteiger partial charge < -0.3 is 4.74 Å². The Morgan fingerprint density at radius 3 is 2.59 bits per heavy atom. The highest BCUT2D eigenvalue weighted by atomic mass is 32.2. The Balaban J connectivity index is 2.18. The van der Waals surface area contributed by atoms with E-state index >= 15 is 0 Å². The highest BCUT2D eigenvalue weighted by Gasteiger charge is 2.15. The second-order valence-electron chi connectivity index (χ2n) is 5.01. The Morgan fingerprint density at radius 2 is 1.94 bits per heavy atom. The molecule has 2 heteroatoms. The van der Waals surface area contributed by atoms with Crippen LogP contribution in [0.15, 0.2) is 52.3 Å². The maximum Gasteiger partial charge on any atom is 0.134 e. The van der Waals surface area contributed by atoms with Crippen LogP contribution in [0.3, 0.4) is 0 Å². The van der Waals surface area contributed by atoms with Crippen molar-refractivity contribution in [3.8, 4) is 5.75 Å². The molecule has 0 aliphatic heterocycles. The molecule has 1 nitrogen and oxygen atoms in total. The molecule has 1 aliphatic rings. The normalized spacial score (nSPS) is 14.9. The molecule has 0 saturated heterocycles. The van der Waals surface area contributed by atoms with Crippen LogP contribution in [0.2, 0.25) is 0 Å². The van der Waals surface area contributed by atoms with E-state index < -0.39 is 0 Å². The lowest BCUT2D eigenvalue weighted by molar-refractivity contribution is 0.127. The predicted octanol–water partition coefficient (Wildman–Crippen LogP) is 4.80. The van der Waals surface area contributed by atoms with Gasteiger partial charge in [-0.15, -0.1) is 0 Å². The average molecular weight is 246 g/mol. The summed E-state index contributed by atoms with van der Waals surface area (Å²) in [7, 11) is 0. The van der Waals surface area contributed by atoms with E-state index in [1.54, 1.807) is 11.8 Å². The molecule has 0 aromatic heterocycles. The molecule has 0 atom stereocenters. The van der Waals surface area contributed by atoms with Crippen LogP contribution in [-0.2, 0) is 0 Å². The number of para-hydroxylation sites is 1. The molecule has 0 saturated carbocycles. The zero-order valence-electron chi connectivity index (χ0n) is 10.6. The van der Waals surface area contributed by atoms with Gasteiger partial charge in [-0.2, -0.15) is 0 Å². The summed E-state index contributed by atoms with van der Waals surface area (Å²) in [5.74, 6) is 0.964. The third-order valence-electron chi connectivity index (χ3n) is 2.23. The van der Waals surface area contributed by atoms with Gasteiger partial charge in [-0.25, -0.2) is 0 Å². The minimum atomic E-state index is -0.156. The van der Waals surface area contributed by atoms with Gasteiger partial charge in [-0.05, 0) is 39.3 Å². The number of benzene rings is 1. The smallest absolute Gasteiger partial charge is 0.134 e. The van der Waals surface area contributed by atoms with Crippen molar-refractivity contribution in [2.75, 3.05) is 0 Å². The van der Waals surface area contributed by atoms with Crippen molar-refractivity contribution in [1.29, 1.82) is 0 Å². The summed E-state index contributed by atoms with van der Waals surface area (Å²) >= 11 is 1.77. The van der Waals surface area contributed by atoms with Gasteiger partial charge in [0.1, 0.15) is 11.4 Å². The molecule has 0 amide bonds. The average Bonchev–Trinajstić information content (AvgIpc) is 2.71. The Labute approximate surface area is 108 Å². The van der Waals surface area contributed by atoms with Gasteiger partial charge in [-0.3, -0.25) is 0 Å². The van der Waals surface area contributed by atoms with E-state index in [-0.39, 0.29) is 5.60 Å². The molecule has 2 rings (SSSR count).